The highest BCUT2D eigenvalue weighted by molar-refractivity contribution is 5.96. The number of likely N-dealkylation sites (tertiary alicyclic amines) is 1. The van der Waals surface area contributed by atoms with Gasteiger partial charge in [0.2, 0.25) is 5.91 Å². The zero-order valence-electron chi connectivity index (χ0n) is 14.2. The van der Waals surface area contributed by atoms with Crippen LogP contribution in [0.25, 0.3) is 0 Å². The summed E-state index contributed by atoms with van der Waals surface area (Å²) in [5.74, 6) is -0.767. The number of carbonyl (C=O) groups excluding carboxylic acids is 2. The largest absolute Gasteiger partial charge is 0.417 e. The minimum atomic E-state index is -4.57. The van der Waals surface area contributed by atoms with Crippen LogP contribution in [0, 0.1) is 0 Å². The lowest BCUT2D eigenvalue weighted by molar-refractivity contribution is -0.138. The predicted octanol–water partition coefficient (Wildman–Crippen LogP) is 2.61. The van der Waals surface area contributed by atoms with Gasteiger partial charge < -0.3 is 15.0 Å². The van der Waals surface area contributed by atoms with Crippen molar-refractivity contribution in [1.82, 2.24) is 10.2 Å². The number of nitrogens with zero attached hydrogens (tertiary/aromatic N) is 1. The number of hydrogen-bond donors (Lipinski definition) is 1. The summed E-state index contributed by atoms with van der Waals surface area (Å²) in [4.78, 5) is 26.0. The Morgan fingerprint density at radius 3 is 2.42 bits per heavy atom. The van der Waals surface area contributed by atoms with Gasteiger partial charge in [-0.1, -0.05) is 12.1 Å². The second-order valence-electron chi connectivity index (χ2n) is 6.62. The van der Waals surface area contributed by atoms with Crippen molar-refractivity contribution in [3.63, 3.8) is 0 Å². The van der Waals surface area contributed by atoms with Crippen LogP contribution < -0.4 is 5.32 Å². The fourth-order valence-electron chi connectivity index (χ4n) is 3.39. The van der Waals surface area contributed by atoms with Crippen LogP contribution in [0.2, 0.25) is 0 Å². The van der Waals surface area contributed by atoms with Crippen molar-refractivity contribution in [2.45, 2.75) is 44.0 Å². The molecule has 2 aliphatic heterocycles. The van der Waals surface area contributed by atoms with Gasteiger partial charge in [0.1, 0.15) is 6.10 Å². The molecule has 8 heteroatoms. The number of halogens is 3. The van der Waals surface area contributed by atoms with E-state index in [2.05, 4.69) is 5.32 Å². The van der Waals surface area contributed by atoms with Crippen molar-refractivity contribution in [2.24, 2.45) is 0 Å². The van der Waals surface area contributed by atoms with Gasteiger partial charge in [-0.2, -0.15) is 13.2 Å². The molecule has 1 unspecified atom stereocenters. The molecule has 142 valence electrons. The number of amides is 2. The third-order valence-electron chi connectivity index (χ3n) is 4.81. The van der Waals surface area contributed by atoms with Crippen LogP contribution in [-0.2, 0) is 15.7 Å². The molecule has 2 heterocycles. The van der Waals surface area contributed by atoms with Crippen molar-refractivity contribution in [3.05, 3.63) is 35.4 Å². The zero-order chi connectivity index (χ0) is 18.7. The van der Waals surface area contributed by atoms with Crippen molar-refractivity contribution in [3.8, 4) is 0 Å². The Hall–Kier alpha value is -2.09. The minimum absolute atomic E-state index is 0.0893. The lowest BCUT2D eigenvalue weighted by atomic mass is 10.0. The summed E-state index contributed by atoms with van der Waals surface area (Å²) < 4.78 is 44.6. The van der Waals surface area contributed by atoms with Crippen molar-refractivity contribution < 1.29 is 27.5 Å². The van der Waals surface area contributed by atoms with Gasteiger partial charge in [-0.05, 0) is 37.8 Å². The standard InChI is InChI=1S/C18H21F3N2O3/c19-18(20,21)14-5-2-1-4-13(14)17(25)23-9-7-12(8-10-23)22-16(24)15-6-3-11-26-15/h1-2,4-5,12,15H,3,6-11H2,(H,22,24). The Labute approximate surface area is 149 Å². The Morgan fingerprint density at radius 1 is 1.12 bits per heavy atom. The lowest BCUT2D eigenvalue weighted by Gasteiger charge is -2.33. The molecule has 2 saturated heterocycles. The maximum absolute atomic E-state index is 13.1. The van der Waals surface area contributed by atoms with E-state index < -0.39 is 23.8 Å². The van der Waals surface area contributed by atoms with Gasteiger partial charge in [-0.3, -0.25) is 9.59 Å². The van der Waals surface area contributed by atoms with Gasteiger partial charge in [0.05, 0.1) is 11.1 Å². The van der Waals surface area contributed by atoms with Crippen molar-refractivity contribution in [2.75, 3.05) is 19.7 Å². The van der Waals surface area contributed by atoms with Crippen molar-refractivity contribution in [1.29, 1.82) is 0 Å². The number of carbonyl (C=O) groups is 2. The average molecular weight is 370 g/mol. The molecular weight excluding hydrogens is 349 g/mol. The van der Waals surface area contributed by atoms with E-state index >= 15 is 0 Å². The van der Waals surface area contributed by atoms with Crippen LogP contribution in [0.1, 0.15) is 41.6 Å². The number of nitrogens with one attached hydrogen (secondary N) is 1. The number of rotatable bonds is 3. The van der Waals surface area contributed by atoms with E-state index in [1.807, 2.05) is 0 Å². The van der Waals surface area contributed by atoms with E-state index in [1.54, 1.807) is 0 Å². The molecule has 1 aromatic carbocycles. The molecule has 26 heavy (non-hydrogen) atoms. The Morgan fingerprint density at radius 2 is 1.81 bits per heavy atom. The first-order valence-electron chi connectivity index (χ1n) is 8.74. The predicted molar refractivity (Wildman–Crippen MR) is 87.5 cm³/mol. The summed E-state index contributed by atoms with van der Waals surface area (Å²) in [6.07, 6.45) is -2.38. The maximum Gasteiger partial charge on any atom is 0.417 e. The first-order chi connectivity index (χ1) is 12.4. The van der Waals surface area contributed by atoms with Gasteiger partial charge in [0.25, 0.3) is 5.91 Å². The summed E-state index contributed by atoms with van der Waals surface area (Å²) in [5.41, 5.74) is -1.25. The molecule has 2 fully saturated rings. The quantitative estimate of drug-likeness (QED) is 0.890. The summed E-state index contributed by atoms with van der Waals surface area (Å²) in [6, 6.07) is 4.73. The summed E-state index contributed by atoms with van der Waals surface area (Å²) >= 11 is 0. The molecule has 0 saturated carbocycles. The number of piperidine rings is 1. The van der Waals surface area contributed by atoms with Crippen LogP contribution in [0.15, 0.2) is 24.3 Å². The molecular formula is C18H21F3N2O3. The second kappa shape index (κ2) is 7.65. The third kappa shape index (κ3) is 4.17. The third-order valence-corrected chi connectivity index (χ3v) is 4.81. The highest BCUT2D eigenvalue weighted by Gasteiger charge is 2.36. The maximum atomic E-state index is 13.1. The SMILES string of the molecule is O=C(NC1CCN(C(=O)c2ccccc2C(F)(F)F)CC1)C1CCCO1. The van der Waals surface area contributed by atoms with E-state index in [0.717, 1.165) is 12.5 Å². The van der Waals surface area contributed by atoms with Crippen LogP contribution in [0.4, 0.5) is 13.2 Å². The molecule has 1 N–H and O–H groups in total. The molecule has 0 aromatic heterocycles. The molecule has 1 atom stereocenters. The number of hydrogen-bond acceptors (Lipinski definition) is 3. The topological polar surface area (TPSA) is 58.6 Å². The van der Waals surface area contributed by atoms with Crippen molar-refractivity contribution >= 4 is 11.8 Å². The Balaban J connectivity index is 1.58. The molecule has 0 spiro atoms. The second-order valence-corrected chi connectivity index (χ2v) is 6.62. The summed E-state index contributed by atoms with van der Waals surface area (Å²) in [7, 11) is 0. The van der Waals surface area contributed by atoms with Gasteiger partial charge in [-0.15, -0.1) is 0 Å². The molecule has 0 aliphatic carbocycles. The number of ether oxygens (including phenoxy) is 1. The van der Waals surface area contributed by atoms with E-state index in [4.69, 9.17) is 4.74 Å². The van der Waals surface area contributed by atoms with Crippen LogP contribution >= 0.6 is 0 Å². The van der Waals surface area contributed by atoms with E-state index in [9.17, 15) is 22.8 Å². The minimum Gasteiger partial charge on any atom is -0.368 e. The Bertz CT molecular complexity index is 664. The number of alkyl halides is 3. The molecule has 1 aromatic rings. The molecule has 5 nitrogen and oxygen atoms in total. The monoisotopic (exact) mass is 370 g/mol. The lowest BCUT2D eigenvalue weighted by Crippen LogP contribution is -2.48. The van der Waals surface area contributed by atoms with Gasteiger partial charge >= 0.3 is 6.18 Å². The Kier molecular flexibility index (Phi) is 5.50. The van der Waals surface area contributed by atoms with Crippen LogP contribution in [-0.4, -0.2) is 48.6 Å². The fourth-order valence-corrected chi connectivity index (χ4v) is 3.39. The molecule has 0 bridgehead atoms. The molecule has 0 radical (unpaired) electrons. The van der Waals surface area contributed by atoms with Gasteiger partial charge in [-0.25, -0.2) is 0 Å². The highest BCUT2D eigenvalue weighted by Crippen LogP contribution is 2.32. The number of benzene rings is 1. The average Bonchev–Trinajstić information content (AvgIpc) is 3.16. The van der Waals surface area contributed by atoms with Crippen LogP contribution in [0.3, 0.4) is 0 Å². The van der Waals surface area contributed by atoms with Gasteiger partial charge in [0, 0.05) is 25.7 Å². The molecule has 3 rings (SSSR count). The van der Waals surface area contributed by atoms with Crippen LogP contribution in [0.5, 0.6) is 0 Å². The fraction of sp³-hybridized carbons (Fsp3) is 0.556. The summed E-state index contributed by atoms with van der Waals surface area (Å²) in [5, 5.41) is 2.91. The highest BCUT2D eigenvalue weighted by atomic mass is 19.4. The normalized spacial score (nSPS) is 21.7. The van der Waals surface area contributed by atoms with E-state index in [0.29, 0.717) is 39.0 Å². The molecule has 2 amide bonds. The van der Waals surface area contributed by atoms with E-state index in [1.165, 1.54) is 23.1 Å². The molecule has 2 aliphatic rings. The first kappa shape index (κ1) is 18.7. The smallest absolute Gasteiger partial charge is 0.368 e. The zero-order valence-corrected chi connectivity index (χ0v) is 14.2. The van der Waals surface area contributed by atoms with Gasteiger partial charge in [0.15, 0.2) is 0 Å². The van der Waals surface area contributed by atoms with E-state index in [-0.39, 0.29) is 17.5 Å². The first-order valence-corrected chi connectivity index (χ1v) is 8.74. The summed E-state index contributed by atoms with van der Waals surface area (Å²) in [6.45, 7) is 1.20.